The van der Waals surface area contributed by atoms with Crippen LogP contribution in [0.3, 0.4) is 0 Å². The van der Waals surface area contributed by atoms with Crippen LogP contribution in [0.1, 0.15) is 12.5 Å². The van der Waals surface area contributed by atoms with Crippen LogP contribution in [-0.2, 0) is 4.79 Å². The zero-order valence-electron chi connectivity index (χ0n) is 8.41. The van der Waals surface area contributed by atoms with Crippen LogP contribution in [0, 0.1) is 0 Å². The van der Waals surface area contributed by atoms with Crippen LogP contribution in [0.5, 0.6) is 0 Å². The average Bonchev–Trinajstić information content (AvgIpc) is 2.58. The van der Waals surface area contributed by atoms with Gasteiger partial charge in [0.1, 0.15) is 4.32 Å². The Kier molecular flexibility index (Phi) is 3.47. The SMILES string of the molecule is CC(=C1SC(=S)NC1=O)c1ccc(Br)cc1. The molecule has 0 spiro atoms. The van der Waals surface area contributed by atoms with Crippen LogP contribution in [0.25, 0.3) is 5.57 Å². The first kappa shape index (κ1) is 11.8. The van der Waals surface area contributed by atoms with Gasteiger partial charge in [-0.2, -0.15) is 0 Å². The van der Waals surface area contributed by atoms with E-state index >= 15 is 0 Å². The molecule has 0 atom stereocenters. The monoisotopic (exact) mass is 313 g/mol. The van der Waals surface area contributed by atoms with E-state index in [0.717, 1.165) is 15.6 Å². The molecule has 2 rings (SSSR count). The Balaban J connectivity index is 2.41. The van der Waals surface area contributed by atoms with Gasteiger partial charge in [0.15, 0.2) is 0 Å². The standard InChI is InChI=1S/C11H8BrNOS2/c1-6(7-2-4-8(12)5-3-7)9-10(14)13-11(15)16-9/h2-5H,1H3,(H,13,14,15). The van der Waals surface area contributed by atoms with E-state index in [1.807, 2.05) is 31.2 Å². The fourth-order valence-electron chi connectivity index (χ4n) is 1.39. The van der Waals surface area contributed by atoms with Crippen LogP contribution >= 0.6 is 39.9 Å². The summed E-state index contributed by atoms with van der Waals surface area (Å²) < 4.78 is 1.55. The van der Waals surface area contributed by atoms with Crippen molar-refractivity contribution in [1.29, 1.82) is 0 Å². The number of carbonyl (C=O) groups is 1. The molecular formula is C11H8BrNOS2. The highest BCUT2D eigenvalue weighted by molar-refractivity contribution is 9.10. The molecule has 16 heavy (non-hydrogen) atoms. The second-order valence-electron chi connectivity index (χ2n) is 3.30. The molecule has 1 aromatic carbocycles. The number of hydrogen-bond donors (Lipinski definition) is 1. The van der Waals surface area contributed by atoms with E-state index in [2.05, 4.69) is 21.2 Å². The molecule has 1 amide bonds. The Bertz CT molecular complexity index is 493. The van der Waals surface area contributed by atoms with Crippen molar-refractivity contribution in [3.05, 3.63) is 39.2 Å². The number of carbonyl (C=O) groups excluding carboxylic acids is 1. The summed E-state index contributed by atoms with van der Waals surface area (Å²) in [7, 11) is 0. The maximum absolute atomic E-state index is 11.6. The normalized spacial score (nSPS) is 18.6. The fraction of sp³-hybridized carbons (Fsp3) is 0.0909. The highest BCUT2D eigenvalue weighted by Gasteiger charge is 2.24. The third kappa shape index (κ3) is 2.36. The van der Waals surface area contributed by atoms with E-state index in [0.29, 0.717) is 9.23 Å². The summed E-state index contributed by atoms with van der Waals surface area (Å²) in [6.07, 6.45) is 0. The van der Waals surface area contributed by atoms with Gasteiger partial charge in [-0.1, -0.05) is 52.0 Å². The number of nitrogens with one attached hydrogen (secondary N) is 1. The van der Waals surface area contributed by atoms with E-state index < -0.39 is 0 Å². The number of thiocarbonyl (C=S) groups is 1. The second-order valence-corrected chi connectivity index (χ2v) is 5.91. The lowest BCUT2D eigenvalue weighted by Crippen LogP contribution is -2.18. The summed E-state index contributed by atoms with van der Waals surface area (Å²) in [5.41, 5.74) is 1.99. The zero-order valence-corrected chi connectivity index (χ0v) is 11.6. The molecule has 1 fully saturated rings. The number of amides is 1. The average molecular weight is 314 g/mol. The number of rotatable bonds is 1. The highest BCUT2D eigenvalue weighted by Crippen LogP contribution is 2.31. The van der Waals surface area contributed by atoms with Crippen molar-refractivity contribution < 1.29 is 4.79 Å². The number of allylic oxidation sites excluding steroid dienone is 1. The topological polar surface area (TPSA) is 29.1 Å². The smallest absolute Gasteiger partial charge is 0.263 e. The minimum atomic E-state index is -0.101. The van der Waals surface area contributed by atoms with Crippen molar-refractivity contribution in [3.63, 3.8) is 0 Å². The van der Waals surface area contributed by atoms with Gasteiger partial charge in [-0.15, -0.1) is 0 Å². The molecule has 0 unspecified atom stereocenters. The number of benzene rings is 1. The lowest BCUT2D eigenvalue weighted by Gasteiger charge is -2.03. The minimum absolute atomic E-state index is 0.101. The molecule has 82 valence electrons. The van der Waals surface area contributed by atoms with Gasteiger partial charge in [0, 0.05) is 4.47 Å². The Morgan fingerprint density at radius 2 is 2.00 bits per heavy atom. The summed E-state index contributed by atoms with van der Waals surface area (Å²) in [5, 5.41) is 2.62. The largest absolute Gasteiger partial charge is 0.307 e. The third-order valence-electron chi connectivity index (χ3n) is 2.23. The second kappa shape index (κ2) is 4.69. The van der Waals surface area contributed by atoms with Gasteiger partial charge in [0.2, 0.25) is 0 Å². The molecule has 5 heteroatoms. The molecule has 1 saturated heterocycles. The quantitative estimate of drug-likeness (QED) is 0.637. The van der Waals surface area contributed by atoms with Crippen LogP contribution < -0.4 is 5.32 Å². The van der Waals surface area contributed by atoms with Crippen molar-refractivity contribution in [2.45, 2.75) is 6.92 Å². The van der Waals surface area contributed by atoms with Crippen molar-refractivity contribution in [1.82, 2.24) is 5.32 Å². The van der Waals surface area contributed by atoms with Gasteiger partial charge in [0.25, 0.3) is 5.91 Å². The van der Waals surface area contributed by atoms with E-state index in [-0.39, 0.29) is 5.91 Å². The third-order valence-corrected chi connectivity index (χ3v) is 4.10. The van der Waals surface area contributed by atoms with Crippen molar-refractivity contribution in [2.75, 3.05) is 0 Å². The van der Waals surface area contributed by atoms with Crippen molar-refractivity contribution in [2.24, 2.45) is 0 Å². The number of halogens is 1. The van der Waals surface area contributed by atoms with Crippen molar-refractivity contribution in [3.8, 4) is 0 Å². The van der Waals surface area contributed by atoms with Crippen LogP contribution in [0.2, 0.25) is 0 Å². The summed E-state index contributed by atoms with van der Waals surface area (Å²) in [6, 6.07) is 7.85. The molecule has 2 nitrogen and oxygen atoms in total. The molecule has 0 saturated carbocycles. The molecule has 1 heterocycles. The molecule has 0 bridgehead atoms. The molecule has 1 N–H and O–H groups in total. The predicted molar refractivity (Wildman–Crippen MR) is 75.1 cm³/mol. The van der Waals surface area contributed by atoms with Gasteiger partial charge in [-0.3, -0.25) is 4.79 Å². The minimum Gasteiger partial charge on any atom is -0.307 e. The molecule has 1 aliphatic rings. The van der Waals surface area contributed by atoms with Crippen LogP contribution in [0.15, 0.2) is 33.6 Å². The van der Waals surface area contributed by atoms with E-state index in [9.17, 15) is 4.79 Å². The lowest BCUT2D eigenvalue weighted by atomic mass is 10.1. The van der Waals surface area contributed by atoms with Crippen LogP contribution in [0.4, 0.5) is 0 Å². The molecule has 0 aliphatic carbocycles. The number of thioether (sulfide) groups is 1. The van der Waals surface area contributed by atoms with Gasteiger partial charge in [-0.05, 0) is 30.2 Å². The highest BCUT2D eigenvalue weighted by atomic mass is 79.9. The summed E-state index contributed by atoms with van der Waals surface area (Å²) in [5.74, 6) is -0.101. The van der Waals surface area contributed by atoms with Gasteiger partial charge in [0.05, 0.1) is 4.91 Å². The maximum atomic E-state index is 11.6. The molecule has 0 aromatic heterocycles. The van der Waals surface area contributed by atoms with Gasteiger partial charge >= 0.3 is 0 Å². The summed E-state index contributed by atoms with van der Waals surface area (Å²) >= 11 is 9.65. The van der Waals surface area contributed by atoms with Crippen LogP contribution in [-0.4, -0.2) is 10.2 Å². The molecule has 0 radical (unpaired) electrons. The Hall–Kier alpha value is -0.650. The van der Waals surface area contributed by atoms with E-state index in [1.165, 1.54) is 11.8 Å². The Morgan fingerprint density at radius 1 is 1.38 bits per heavy atom. The molecule has 1 aromatic rings. The Labute approximate surface area is 112 Å². The van der Waals surface area contributed by atoms with Crippen molar-refractivity contribution >= 4 is 55.7 Å². The van der Waals surface area contributed by atoms with E-state index in [4.69, 9.17) is 12.2 Å². The van der Waals surface area contributed by atoms with Gasteiger partial charge < -0.3 is 5.32 Å². The maximum Gasteiger partial charge on any atom is 0.263 e. The molecular weight excluding hydrogens is 306 g/mol. The Morgan fingerprint density at radius 3 is 2.50 bits per heavy atom. The number of hydrogen-bond acceptors (Lipinski definition) is 3. The first-order valence-corrected chi connectivity index (χ1v) is 6.59. The zero-order chi connectivity index (χ0) is 11.7. The summed E-state index contributed by atoms with van der Waals surface area (Å²) in [4.78, 5) is 12.3. The first-order valence-electron chi connectivity index (χ1n) is 4.58. The van der Waals surface area contributed by atoms with E-state index in [1.54, 1.807) is 0 Å². The van der Waals surface area contributed by atoms with Gasteiger partial charge in [-0.25, -0.2) is 0 Å². The molecule has 1 aliphatic heterocycles. The summed E-state index contributed by atoms with van der Waals surface area (Å²) in [6.45, 7) is 1.93. The first-order chi connectivity index (χ1) is 7.58. The predicted octanol–water partition coefficient (Wildman–Crippen LogP) is 3.33. The fourth-order valence-corrected chi connectivity index (χ4v) is 2.74. The lowest BCUT2D eigenvalue weighted by molar-refractivity contribution is -0.115.